The molecule has 0 aliphatic carbocycles. The Balaban J connectivity index is 2.12. The first-order valence-electron chi connectivity index (χ1n) is 8.06. The molecule has 0 spiro atoms. The van der Waals surface area contributed by atoms with Gasteiger partial charge in [0.1, 0.15) is 0 Å². The molecule has 2 aromatic rings. The fraction of sp³-hybridized carbons (Fsp3) is 0.278. The Labute approximate surface area is 155 Å². The van der Waals surface area contributed by atoms with Crippen LogP contribution in [0.15, 0.2) is 53.4 Å². The highest BCUT2D eigenvalue weighted by molar-refractivity contribution is 7.89. The fourth-order valence-corrected chi connectivity index (χ4v) is 3.62. The number of carbonyl (C=O) groups is 1. The normalized spacial score (nSPS) is 12.2. The molecule has 0 unspecified atom stereocenters. The second-order valence-electron chi connectivity index (χ2n) is 6.18. The molecule has 2 aromatic carbocycles. The van der Waals surface area contributed by atoms with Gasteiger partial charge in [0, 0.05) is 18.2 Å². The summed E-state index contributed by atoms with van der Waals surface area (Å²) < 4.78 is 65.0. The summed E-state index contributed by atoms with van der Waals surface area (Å²) in [5.74, 6) is -0.589. The summed E-state index contributed by atoms with van der Waals surface area (Å²) in [6, 6.07) is 9.73. The molecule has 0 aliphatic heterocycles. The lowest BCUT2D eigenvalue weighted by Gasteiger charge is -2.11. The molecular formula is C18H19F3N2O3S. The molecule has 5 nitrogen and oxygen atoms in total. The first kappa shape index (κ1) is 20.9. The lowest BCUT2D eigenvalue weighted by molar-refractivity contribution is -0.137. The van der Waals surface area contributed by atoms with E-state index in [-0.39, 0.29) is 28.6 Å². The quantitative estimate of drug-likeness (QED) is 0.781. The molecular weight excluding hydrogens is 381 g/mol. The third kappa shape index (κ3) is 5.80. The van der Waals surface area contributed by atoms with Crippen molar-refractivity contribution in [2.75, 3.05) is 0 Å². The fourth-order valence-electron chi connectivity index (χ4n) is 2.32. The van der Waals surface area contributed by atoms with Crippen molar-refractivity contribution in [2.24, 2.45) is 0 Å². The van der Waals surface area contributed by atoms with Crippen molar-refractivity contribution in [3.63, 3.8) is 0 Å². The summed E-state index contributed by atoms with van der Waals surface area (Å²) in [6.07, 6.45) is -4.47. The van der Waals surface area contributed by atoms with Crippen molar-refractivity contribution in [2.45, 2.75) is 37.5 Å². The zero-order valence-corrected chi connectivity index (χ0v) is 15.5. The van der Waals surface area contributed by atoms with Crippen LogP contribution in [0.25, 0.3) is 0 Å². The summed E-state index contributed by atoms with van der Waals surface area (Å²) in [5.41, 5.74) is -0.431. The monoisotopic (exact) mass is 400 g/mol. The third-order valence-corrected chi connectivity index (χ3v) is 5.16. The highest BCUT2D eigenvalue weighted by atomic mass is 32.2. The van der Waals surface area contributed by atoms with Gasteiger partial charge in [-0.25, -0.2) is 13.1 Å². The van der Waals surface area contributed by atoms with E-state index in [1.807, 2.05) is 0 Å². The lowest BCUT2D eigenvalue weighted by atomic mass is 10.1. The molecule has 0 radical (unpaired) electrons. The SMILES string of the molecule is CC(C)NS(=O)(=O)c1cccc(C(=O)NCc2cccc(C(F)(F)F)c2)c1. The molecule has 0 saturated heterocycles. The minimum absolute atomic E-state index is 0.0667. The number of sulfonamides is 1. The number of alkyl halides is 3. The molecule has 0 saturated carbocycles. The predicted molar refractivity (Wildman–Crippen MR) is 94.5 cm³/mol. The van der Waals surface area contributed by atoms with Crippen molar-refractivity contribution in [1.82, 2.24) is 10.0 Å². The van der Waals surface area contributed by atoms with Gasteiger partial charge >= 0.3 is 6.18 Å². The zero-order valence-electron chi connectivity index (χ0n) is 14.7. The largest absolute Gasteiger partial charge is 0.416 e. The lowest BCUT2D eigenvalue weighted by Crippen LogP contribution is -2.30. The summed E-state index contributed by atoms with van der Waals surface area (Å²) in [6.45, 7) is 3.22. The summed E-state index contributed by atoms with van der Waals surface area (Å²) in [5, 5.41) is 2.49. The summed E-state index contributed by atoms with van der Waals surface area (Å²) >= 11 is 0. The Kier molecular flexibility index (Phi) is 6.27. The molecule has 2 rings (SSSR count). The summed E-state index contributed by atoms with van der Waals surface area (Å²) in [4.78, 5) is 12.2. The maximum atomic E-state index is 12.7. The Hall–Kier alpha value is -2.39. The number of benzene rings is 2. The molecule has 0 bridgehead atoms. The van der Waals surface area contributed by atoms with E-state index >= 15 is 0 Å². The number of carbonyl (C=O) groups excluding carboxylic acids is 1. The van der Waals surface area contributed by atoms with E-state index in [4.69, 9.17) is 0 Å². The standard InChI is InChI=1S/C18H19F3N2O3S/c1-12(2)23-27(25,26)16-8-4-6-14(10-16)17(24)22-11-13-5-3-7-15(9-13)18(19,20)21/h3-10,12,23H,11H2,1-2H3,(H,22,24). The zero-order chi connectivity index (χ0) is 20.2. The van der Waals surface area contributed by atoms with E-state index in [0.29, 0.717) is 0 Å². The first-order valence-corrected chi connectivity index (χ1v) is 9.54. The molecule has 0 aliphatic rings. The van der Waals surface area contributed by atoms with Crippen molar-refractivity contribution in [3.8, 4) is 0 Å². The predicted octanol–water partition coefficient (Wildman–Crippen LogP) is 3.32. The van der Waals surface area contributed by atoms with E-state index < -0.39 is 27.7 Å². The molecule has 0 atom stereocenters. The molecule has 9 heteroatoms. The van der Waals surface area contributed by atoms with Crippen LogP contribution in [0, 0.1) is 0 Å². The van der Waals surface area contributed by atoms with Gasteiger partial charge in [-0.15, -0.1) is 0 Å². The molecule has 27 heavy (non-hydrogen) atoms. The van der Waals surface area contributed by atoms with Crippen LogP contribution in [0.4, 0.5) is 13.2 Å². The van der Waals surface area contributed by atoms with Gasteiger partial charge in [0.2, 0.25) is 10.0 Å². The second-order valence-corrected chi connectivity index (χ2v) is 7.90. The van der Waals surface area contributed by atoms with Crippen LogP contribution in [-0.2, 0) is 22.7 Å². The maximum absolute atomic E-state index is 12.7. The Morgan fingerprint density at radius 2 is 1.74 bits per heavy atom. The van der Waals surface area contributed by atoms with E-state index in [0.717, 1.165) is 12.1 Å². The third-order valence-electron chi connectivity index (χ3n) is 3.50. The van der Waals surface area contributed by atoms with Gasteiger partial charge in [-0.2, -0.15) is 13.2 Å². The van der Waals surface area contributed by atoms with Crippen molar-refractivity contribution >= 4 is 15.9 Å². The smallest absolute Gasteiger partial charge is 0.348 e. The number of nitrogens with one attached hydrogen (secondary N) is 2. The van der Waals surface area contributed by atoms with Gasteiger partial charge in [-0.1, -0.05) is 18.2 Å². The van der Waals surface area contributed by atoms with Crippen LogP contribution >= 0.6 is 0 Å². The molecule has 146 valence electrons. The van der Waals surface area contributed by atoms with Crippen molar-refractivity contribution in [1.29, 1.82) is 0 Å². The van der Waals surface area contributed by atoms with Gasteiger partial charge in [0.25, 0.3) is 5.91 Å². The molecule has 2 N–H and O–H groups in total. The average Bonchev–Trinajstić information content (AvgIpc) is 2.58. The van der Waals surface area contributed by atoms with Gasteiger partial charge in [0.15, 0.2) is 0 Å². The van der Waals surface area contributed by atoms with Crippen LogP contribution in [0.5, 0.6) is 0 Å². The number of amides is 1. The van der Waals surface area contributed by atoms with Gasteiger partial charge in [0.05, 0.1) is 10.5 Å². The van der Waals surface area contributed by atoms with Gasteiger partial charge in [-0.3, -0.25) is 4.79 Å². The number of rotatable bonds is 6. The minimum Gasteiger partial charge on any atom is -0.348 e. The Morgan fingerprint density at radius 3 is 2.37 bits per heavy atom. The molecule has 0 aromatic heterocycles. The number of halogens is 3. The Bertz CT molecular complexity index is 925. The maximum Gasteiger partial charge on any atom is 0.416 e. The Morgan fingerprint density at radius 1 is 1.07 bits per heavy atom. The van der Waals surface area contributed by atoms with Crippen LogP contribution in [-0.4, -0.2) is 20.4 Å². The molecule has 0 heterocycles. The highest BCUT2D eigenvalue weighted by Gasteiger charge is 2.30. The van der Waals surface area contributed by atoms with Crippen molar-refractivity contribution < 1.29 is 26.4 Å². The van der Waals surface area contributed by atoms with E-state index in [9.17, 15) is 26.4 Å². The van der Waals surface area contributed by atoms with E-state index in [2.05, 4.69) is 10.0 Å². The van der Waals surface area contributed by atoms with E-state index in [1.165, 1.54) is 36.4 Å². The van der Waals surface area contributed by atoms with Crippen LogP contribution < -0.4 is 10.0 Å². The van der Waals surface area contributed by atoms with Crippen molar-refractivity contribution in [3.05, 3.63) is 65.2 Å². The van der Waals surface area contributed by atoms with E-state index in [1.54, 1.807) is 13.8 Å². The highest BCUT2D eigenvalue weighted by Crippen LogP contribution is 2.29. The second kappa shape index (κ2) is 8.10. The molecule has 1 amide bonds. The van der Waals surface area contributed by atoms with Crippen LogP contribution in [0.1, 0.15) is 35.3 Å². The van der Waals surface area contributed by atoms with Gasteiger partial charge in [-0.05, 0) is 49.7 Å². The van der Waals surface area contributed by atoms with Crippen LogP contribution in [0.2, 0.25) is 0 Å². The van der Waals surface area contributed by atoms with Crippen LogP contribution in [0.3, 0.4) is 0 Å². The average molecular weight is 400 g/mol. The molecule has 0 fully saturated rings. The summed E-state index contributed by atoms with van der Waals surface area (Å²) in [7, 11) is -3.76. The number of hydrogen-bond donors (Lipinski definition) is 2. The topological polar surface area (TPSA) is 75.3 Å². The van der Waals surface area contributed by atoms with Gasteiger partial charge < -0.3 is 5.32 Å². The number of hydrogen-bond acceptors (Lipinski definition) is 3. The minimum atomic E-state index is -4.47. The first-order chi connectivity index (χ1) is 12.5.